The lowest BCUT2D eigenvalue weighted by Gasteiger charge is -2.12. The summed E-state index contributed by atoms with van der Waals surface area (Å²) in [6, 6.07) is 12.3. The van der Waals surface area contributed by atoms with Crippen LogP contribution in [0.4, 0.5) is 4.39 Å². The second-order valence-corrected chi connectivity index (χ2v) is 5.69. The number of aliphatic imine (C=N–C) groups is 1. The molecule has 0 aliphatic carbocycles. The van der Waals surface area contributed by atoms with E-state index in [0.717, 1.165) is 48.1 Å². The Morgan fingerprint density at radius 1 is 0.962 bits per heavy atom. The molecule has 0 unspecified atom stereocenters. The van der Waals surface area contributed by atoms with Gasteiger partial charge in [0, 0.05) is 13.1 Å². The van der Waals surface area contributed by atoms with Crippen molar-refractivity contribution in [2.24, 2.45) is 4.99 Å². The molecule has 26 heavy (non-hydrogen) atoms. The Bertz CT molecular complexity index is 717. The van der Waals surface area contributed by atoms with Gasteiger partial charge in [0.1, 0.15) is 5.82 Å². The smallest absolute Gasteiger partial charge is 0.191 e. The number of nitrogens with one attached hydrogen (secondary N) is 2. The minimum atomic E-state index is -0.238. The van der Waals surface area contributed by atoms with Crippen molar-refractivity contribution in [3.63, 3.8) is 0 Å². The van der Waals surface area contributed by atoms with Crippen LogP contribution in [-0.4, -0.2) is 33.3 Å². The highest BCUT2D eigenvalue weighted by atomic mass is 19.1. The van der Waals surface area contributed by atoms with E-state index in [-0.39, 0.29) is 5.82 Å². The first-order valence-electron chi connectivity index (χ1n) is 8.63. The van der Waals surface area contributed by atoms with E-state index in [1.165, 1.54) is 12.1 Å². The lowest BCUT2D eigenvalue weighted by molar-refractivity contribution is 0.354. The van der Waals surface area contributed by atoms with E-state index >= 15 is 0 Å². The van der Waals surface area contributed by atoms with Crippen molar-refractivity contribution in [3.05, 3.63) is 59.4 Å². The molecule has 0 aliphatic heterocycles. The fourth-order valence-electron chi connectivity index (χ4n) is 2.46. The molecule has 0 fully saturated rings. The van der Waals surface area contributed by atoms with Gasteiger partial charge in [0.2, 0.25) is 0 Å². The third-order valence-corrected chi connectivity index (χ3v) is 3.83. The van der Waals surface area contributed by atoms with Gasteiger partial charge in [0.05, 0.1) is 20.8 Å². The van der Waals surface area contributed by atoms with E-state index in [0.29, 0.717) is 6.54 Å². The SMILES string of the molecule is CCNC(=NCc1ccc(F)cc1)NCCc1ccc(OC)c(OC)c1. The largest absolute Gasteiger partial charge is 0.493 e. The highest BCUT2D eigenvalue weighted by molar-refractivity contribution is 5.79. The monoisotopic (exact) mass is 359 g/mol. The zero-order valence-electron chi connectivity index (χ0n) is 15.5. The van der Waals surface area contributed by atoms with E-state index in [4.69, 9.17) is 9.47 Å². The molecule has 5 nitrogen and oxygen atoms in total. The molecule has 0 radical (unpaired) electrons. The molecule has 0 spiro atoms. The summed E-state index contributed by atoms with van der Waals surface area (Å²) >= 11 is 0. The number of hydrogen-bond acceptors (Lipinski definition) is 3. The van der Waals surface area contributed by atoms with Crippen LogP contribution in [0.15, 0.2) is 47.5 Å². The van der Waals surface area contributed by atoms with Crippen molar-refractivity contribution >= 4 is 5.96 Å². The van der Waals surface area contributed by atoms with Crippen molar-refractivity contribution in [3.8, 4) is 11.5 Å². The number of benzene rings is 2. The van der Waals surface area contributed by atoms with Crippen molar-refractivity contribution in [2.45, 2.75) is 19.9 Å². The third kappa shape index (κ3) is 5.95. The molecule has 0 atom stereocenters. The second-order valence-electron chi connectivity index (χ2n) is 5.69. The van der Waals surface area contributed by atoms with Crippen LogP contribution in [-0.2, 0) is 13.0 Å². The van der Waals surface area contributed by atoms with Gasteiger partial charge in [-0.2, -0.15) is 0 Å². The van der Waals surface area contributed by atoms with E-state index in [1.807, 2.05) is 25.1 Å². The summed E-state index contributed by atoms with van der Waals surface area (Å²) < 4.78 is 23.5. The Morgan fingerprint density at radius 3 is 2.31 bits per heavy atom. The summed E-state index contributed by atoms with van der Waals surface area (Å²) in [6.45, 7) is 4.01. The minimum Gasteiger partial charge on any atom is -0.493 e. The number of halogens is 1. The molecule has 2 rings (SSSR count). The highest BCUT2D eigenvalue weighted by Crippen LogP contribution is 2.27. The van der Waals surface area contributed by atoms with Gasteiger partial charge < -0.3 is 20.1 Å². The lowest BCUT2D eigenvalue weighted by Crippen LogP contribution is -2.38. The summed E-state index contributed by atoms with van der Waals surface area (Å²) in [4.78, 5) is 4.53. The Morgan fingerprint density at radius 2 is 1.65 bits per heavy atom. The first kappa shape index (κ1) is 19.6. The normalized spacial score (nSPS) is 11.2. The molecule has 0 saturated carbocycles. The van der Waals surface area contributed by atoms with Crippen LogP contribution in [0.25, 0.3) is 0 Å². The maximum Gasteiger partial charge on any atom is 0.191 e. The minimum absolute atomic E-state index is 0.238. The quantitative estimate of drug-likeness (QED) is 0.562. The van der Waals surface area contributed by atoms with Crippen molar-refractivity contribution in [1.29, 1.82) is 0 Å². The highest BCUT2D eigenvalue weighted by Gasteiger charge is 2.05. The molecule has 6 heteroatoms. The van der Waals surface area contributed by atoms with E-state index in [1.54, 1.807) is 26.4 Å². The summed E-state index contributed by atoms with van der Waals surface area (Å²) in [5, 5.41) is 6.52. The van der Waals surface area contributed by atoms with Crippen molar-refractivity contribution < 1.29 is 13.9 Å². The zero-order chi connectivity index (χ0) is 18.8. The molecule has 2 N–H and O–H groups in total. The summed E-state index contributed by atoms with van der Waals surface area (Å²) in [7, 11) is 3.25. The molecule has 140 valence electrons. The molecule has 0 amide bonds. The Labute approximate surface area is 154 Å². The molecule has 0 bridgehead atoms. The molecular weight excluding hydrogens is 333 g/mol. The molecule has 2 aromatic carbocycles. The zero-order valence-corrected chi connectivity index (χ0v) is 15.5. The lowest BCUT2D eigenvalue weighted by atomic mass is 10.1. The molecular formula is C20H26FN3O2. The standard InChI is InChI=1S/C20H26FN3O2/c1-4-22-20(24-14-16-5-8-17(21)9-6-16)23-12-11-15-7-10-18(25-2)19(13-15)26-3/h5-10,13H,4,11-12,14H2,1-3H3,(H2,22,23,24). The maximum absolute atomic E-state index is 13.0. The van der Waals surface area contributed by atoms with Crippen molar-refractivity contribution in [2.75, 3.05) is 27.3 Å². The fraction of sp³-hybridized carbons (Fsp3) is 0.350. The number of hydrogen-bond donors (Lipinski definition) is 2. The van der Waals surface area contributed by atoms with Crippen LogP contribution in [0.1, 0.15) is 18.1 Å². The average molecular weight is 359 g/mol. The Balaban J connectivity index is 1.91. The van der Waals surface area contributed by atoms with Crippen LogP contribution >= 0.6 is 0 Å². The molecule has 0 aliphatic rings. The van der Waals surface area contributed by atoms with Crippen LogP contribution in [0.3, 0.4) is 0 Å². The number of guanidine groups is 1. The molecule has 0 saturated heterocycles. The van der Waals surface area contributed by atoms with Gasteiger partial charge in [-0.05, 0) is 48.7 Å². The van der Waals surface area contributed by atoms with Gasteiger partial charge in [-0.1, -0.05) is 18.2 Å². The summed E-state index contributed by atoms with van der Waals surface area (Å²) in [5.74, 6) is 1.94. The first-order valence-corrected chi connectivity index (χ1v) is 8.63. The van der Waals surface area contributed by atoms with Crippen LogP contribution in [0.5, 0.6) is 11.5 Å². The van der Waals surface area contributed by atoms with Gasteiger partial charge in [-0.3, -0.25) is 0 Å². The van der Waals surface area contributed by atoms with Gasteiger partial charge in [0.15, 0.2) is 17.5 Å². The first-order chi connectivity index (χ1) is 12.7. The number of methoxy groups -OCH3 is 2. The summed E-state index contributed by atoms with van der Waals surface area (Å²) in [5.41, 5.74) is 2.10. The third-order valence-electron chi connectivity index (χ3n) is 3.83. The van der Waals surface area contributed by atoms with E-state index < -0.39 is 0 Å². The van der Waals surface area contributed by atoms with E-state index in [2.05, 4.69) is 15.6 Å². The second kappa shape index (κ2) is 10.3. The topological polar surface area (TPSA) is 54.9 Å². The predicted octanol–water partition coefficient (Wildman–Crippen LogP) is 3.14. The fourth-order valence-corrected chi connectivity index (χ4v) is 2.46. The number of rotatable bonds is 8. The van der Waals surface area contributed by atoms with Crippen LogP contribution < -0.4 is 20.1 Å². The van der Waals surface area contributed by atoms with Gasteiger partial charge in [0.25, 0.3) is 0 Å². The average Bonchev–Trinajstić information content (AvgIpc) is 2.67. The van der Waals surface area contributed by atoms with Crippen LogP contribution in [0, 0.1) is 5.82 Å². The predicted molar refractivity (Wildman–Crippen MR) is 102 cm³/mol. The van der Waals surface area contributed by atoms with Crippen LogP contribution in [0.2, 0.25) is 0 Å². The van der Waals surface area contributed by atoms with E-state index in [9.17, 15) is 4.39 Å². The number of nitrogens with zero attached hydrogens (tertiary/aromatic N) is 1. The molecule has 2 aromatic rings. The number of ether oxygens (including phenoxy) is 2. The van der Waals surface area contributed by atoms with Gasteiger partial charge in [-0.15, -0.1) is 0 Å². The van der Waals surface area contributed by atoms with Crippen molar-refractivity contribution in [1.82, 2.24) is 10.6 Å². The summed E-state index contributed by atoms with van der Waals surface area (Å²) in [6.07, 6.45) is 0.821. The van der Waals surface area contributed by atoms with Gasteiger partial charge >= 0.3 is 0 Å². The maximum atomic E-state index is 13.0. The Kier molecular flexibility index (Phi) is 7.74. The molecule has 0 aromatic heterocycles. The Hall–Kier alpha value is -2.76. The van der Waals surface area contributed by atoms with Gasteiger partial charge in [-0.25, -0.2) is 9.38 Å². The molecule has 0 heterocycles.